The first-order valence-corrected chi connectivity index (χ1v) is 7.39. The van der Waals surface area contributed by atoms with Gasteiger partial charge in [0.1, 0.15) is 11.4 Å². The fraction of sp³-hybridized carbons (Fsp3) is 0.111. The molecule has 0 amide bonds. The second kappa shape index (κ2) is 6.29. The van der Waals surface area contributed by atoms with E-state index < -0.39 is 34.5 Å². The number of aromatic nitrogens is 1. The van der Waals surface area contributed by atoms with Crippen LogP contribution in [0.25, 0.3) is 10.9 Å². The lowest BCUT2D eigenvalue weighted by Gasteiger charge is -2.14. The number of hydrogen-bond donors (Lipinski definition) is 1. The molecule has 134 valence electrons. The smallest absolute Gasteiger partial charge is 0.416 e. The van der Waals surface area contributed by atoms with Gasteiger partial charge in [0.2, 0.25) is 5.43 Å². The Balaban J connectivity index is 2.14. The van der Waals surface area contributed by atoms with E-state index in [0.29, 0.717) is 5.56 Å². The number of nitrogens with zero attached hydrogens (tertiary/aromatic N) is 1. The van der Waals surface area contributed by atoms with E-state index in [9.17, 15) is 32.3 Å². The number of rotatable bonds is 3. The van der Waals surface area contributed by atoms with Gasteiger partial charge in [-0.25, -0.2) is 9.18 Å². The normalized spacial score (nSPS) is 11.7. The van der Waals surface area contributed by atoms with Gasteiger partial charge in [0, 0.05) is 18.1 Å². The molecule has 0 spiro atoms. The summed E-state index contributed by atoms with van der Waals surface area (Å²) in [5.74, 6) is -2.20. The van der Waals surface area contributed by atoms with E-state index in [1.165, 1.54) is 28.8 Å². The molecule has 2 aromatic carbocycles. The maximum absolute atomic E-state index is 14.2. The molecule has 0 aliphatic rings. The van der Waals surface area contributed by atoms with Crippen LogP contribution in [0.3, 0.4) is 0 Å². The van der Waals surface area contributed by atoms with E-state index in [4.69, 9.17) is 0 Å². The molecule has 1 N–H and O–H groups in total. The molecule has 3 aromatic rings. The van der Waals surface area contributed by atoms with Crippen LogP contribution >= 0.6 is 0 Å². The molecule has 0 aliphatic heterocycles. The summed E-state index contributed by atoms with van der Waals surface area (Å²) in [6.45, 7) is -0.101. The van der Waals surface area contributed by atoms with Gasteiger partial charge < -0.3 is 9.67 Å². The highest BCUT2D eigenvalue weighted by molar-refractivity contribution is 5.92. The number of carboxylic acids is 1. The zero-order chi connectivity index (χ0) is 19.1. The van der Waals surface area contributed by atoms with Crippen molar-refractivity contribution in [3.8, 4) is 0 Å². The van der Waals surface area contributed by atoms with Crippen LogP contribution in [0, 0.1) is 5.82 Å². The minimum atomic E-state index is -4.48. The molecule has 1 heterocycles. The molecule has 0 atom stereocenters. The van der Waals surface area contributed by atoms with Crippen molar-refractivity contribution >= 4 is 16.9 Å². The third-order valence-corrected chi connectivity index (χ3v) is 3.91. The third-order valence-electron chi connectivity index (χ3n) is 3.91. The van der Waals surface area contributed by atoms with Gasteiger partial charge in [-0.2, -0.15) is 13.2 Å². The summed E-state index contributed by atoms with van der Waals surface area (Å²) in [7, 11) is 0. The van der Waals surface area contributed by atoms with Gasteiger partial charge in [-0.1, -0.05) is 18.2 Å². The van der Waals surface area contributed by atoms with Crippen molar-refractivity contribution in [3.63, 3.8) is 0 Å². The number of aromatic carboxylic acids is 1. The zero-order valence-corrected chi connectivity index (χ0v) is 13.0. The Morgan fingerprint density at radius 2 is 1.73 bits per heavy atom. The Morgan fingerprint density at radius 1 is 1.08 bits per heavy atom. The van der Waals surface area contributed by atoms with Crippen LogP contribution in [0.1, 0.15) is 21.5 Å². The quantitative estimate of drug-likeness (QED) is 0.716. The Bertz CT molecular complexity index is 1050. The van der Waals surface area contributed by atoms with Crippen molar-refractivity contribution < 1.29 is 27.5 Å². The highest BCUT2D eigenvalue weighted by Crippen LogP contribution is 2.29. The number of carbonyl (C=O) groups is 1. The fourth-order valence-electron chi connectivity index (χ4n) is 2.69. The van der Waals surface area contributed by atoms with Crippen LogP contribution < -0.4 is 5.43 Å². The third kappa shape index (κ3) is 3.17. The maximum Gasteiger partial charge on any atom is 0.416 e. The largest absolute Gasteiger partial charge is 0.477 e. The van der Waals surface area contributed by atoms with E-state index in [1.54, 1.807) is 0 Å². The molecule has 0 saturated carbocycles. The zero-order valence-electron chi connectivity index (χ0n) is 13.0. The number of pyridine rings is 1. The van der Waals surface area contributed by atoms with Gasteiger partial charge in [-0.3, -0.25) is 4.79 Å². The number of fused-ring (bicyclic) bond motifs is 1. The standard InChI is InChI=1S/C18H11F4NO3/c19-14-3-1-2-12-15(14)23(9-13(16(12)24)17(25)26)8-10-4-6-11(7-5-10)18(20,21)22/h1-7,9H,8H2,(H,25,26). The monoisotopic (exact) mass is 365 g/mol. The fourth-order valence-corrected chi connectivity index (χ4v) is 2.69. The molecule has 0 unspecified atom stereocenters. The molecule has 26 heavy (non-hydrogen) atoms. The number of alkyl halides is 3. The van der Waals surface area contributed by atoms with E-state index in [0.717, 1.165) is 24.4 Å². The number of halogens is 4. The lowest BCUT2D eigenvalue weighted by Crippen LogP contribution is -2.20. The Hall–Kier alpha value is -3.16. The van der Waals surface area contributed by atoms with E-state index in [-0.39, 0.29) is 17.4 Å². The molecule has 0 bridgehead atoms. The molecular weight excluding hydrogens is 354 g/mol. The average molecular weight is 365 g/mol. The van der Waals surface area contributed by atoms with E-state index >= 15 is 0 Å². The van der Waals surface area contributed by atoms with Crippen LogP contribution in [0.4, 0.5) is 17.6 Å². The molecular formula is C18H11F4NO3. The Kier molecular flexibility index (Phi) is 4.27. The highest BCUT2D eigenvalue weighted by atomic mass is 19.4. The Labute approximate surface area is 143 Å². The molecule has 4 nitrogen and oxygen atoms in total. The molecule has 0 saturated heterocycles. The Morgan fingerprint density at radius 3 is 2.31 bits per heavy atom. The van der Waals surface area contributed by atoms with Gasteiger partial charge in [0.25, 0.3) is 0 Å². The van der Waals surface area contributed by atoms with Crippen molar-refractivity contribution in [2.45, 2.75) is 12.7 Å². The molecule has 0 radical (unpaired) electrons. The van der Waals surface area contributed by atoms with Crippen molar-refractivity contribution in [2.24, 2.45) is 0 Å². The molecule has 3 rings (SSSR count). The van der Waals surface area contributed by atoms with Gasteiger partial charge in [-0.05, 0) is 29.8 Å². The summed E-state index contributed by atoms with van der Waals surface area (Å²) in [4.78, 5) is 23.5. The summed E-state index contributed by atoms with van der Waals surface area (Å²) >= 11 is 0. The average Bonchev–Trinajstić information content (AvgIpc) is 2.57. The minimum absolute atomic E-state index is 0.101. The minimum Gasteiger partial charge on any atom is -0.477 e. The SMILES string of the molecule is O=C(O)c1cn(Cc2ccc(C(F)(F)F)cc2)c2c(F)cccc2c1=O. The van der Waals surface area contributed by atoms with Crippen LogP contribution in [-0.4, -0.2) is 15.6 Å². The van der Waals surface area contributed by atoms with Crippen LogP contribution in [0.15, 0.2) is 53.5 Å². The summed E-state index contributed by atoms with van der Waals surface area (Å²) in [6, 6.07) is 7.90. The number of para-hydroxylation sites is 1. The van der Waals surface area contributed by atoms with Crippen LogP contribution in [0.2, 0.25) is 0 Å². The molecule has 8 heteroatoms. The van der Waals surface area contributed by atoms with E-state index in [2.05, 4.69) is 0 Å². The van der Waals surface area contributed by atoms with E-state index in [1.807, 2.05) is 0 Å². The lowest BCUT2D eigenvalue weighted by molar-refractivity contribution is -0.137. The first-order valence-electron chi connectivity index (χ1n) is 7.39. The second-order valence-electron chi connectivity index (χ2n) is 5.64. The van der Waals surface area contributed by atoms with Gasteiger partial charge >= 0.3 is 12.1 Å². The van der Waals surface area contributed by atoms with Gasteiger partial charge in [-0.15, -0.1) is 0 Å². The number of carboxylic acid groups (broad SMARTS) is 1. The summed E-state index contributed by atoms with van der Waals surface area (Å²) in [5.41, 5.74) is -1.92. The highest BCUT2D eigenvalue weighted by Gasteiger charge is 2.30. The second-order valence-corrected chi connectivity index (χ2v) is 5.64. The molecule has 0 aliphatic carbocycles. The van der Waals surface area contributed by atoms with Gasteiger partial charge in [0.15, 0.2) is 0 Å². The number of benzene rings is 2. The van der Waals surface area contributed by atoms with Crippen molar-refractivity contribution in [2.75, 3.05) is 0 Å². The van der Waals surface area contributed by atoms with Crippen LogP contribution in [-0.2, 0) is 12.7 Å². The van der Waals surface area contributed by atoms with Crippen molar-refractivity contribution in [1.82, 2.24) is 4.57 Å². The summed E-state index contributed by atoms with van der Waals surface area (Å²) in [5, 5.41) is 9.06. The number of hydrogen-bond acceptors (Lipinski definition) is 2. The summed E-state index contributed by atoms with van der Waals surface area (Å²) in [6.07, 6.45) is -3.49. The molecule has 0 fully saturated rings. The predicted octanol–water partition coefficient (Wildman–Crippen LogP) is 3.91. The van der Waals surface area contributed by atoms with Crippen molar-refractivity contribution in [1.29, 1.82) is 0 Å². The topological polar surface area (TPSA) is 59.3 Å². The lowest BCUT2D eigenvalue weighted by atomic mass is 10.1. The van der Waals surface area contributed by atoms with Crippen LogP contribution in [0.5, 0.6) is 0 Å². The van der Waals surface area contributed by atoms with Crippen molar-refractivity contribution in [3.05, 3.63) is 81.4 Å². The predicted molar refractivity (Wildman–Crippen MR) is 85.7 cm³/mol. The first-order chi connectivity index (χ1) is 12.2. The van der Waals surface area contributed by atoms with Gasteiger partial charge in [0.05, 0.1) is 11.1 Å². The summed E-state index contributed by atoms with van der Waals surface area (Å²) < 4.78 is 53.4. The molecule has 1 aromatic heterocycles. The first kappa shape index (κ1) is 17.7. The maximum atomic E-state index is 14.2.